The van der Waals surface area contributed by atoms with Crippen molar-refractivity contribution in [1.82, 2.24) is 4.90 Å². The molecule has 8 nitrogen and oxygen atoms in total. The third-order valence-electron chi connectivity index (χ3n) is 3.36. The monoisotopic (exact) mass is 389 g/mol. The summed E-state index contributed by atoms with van der Waals surface area (Å²) in [5.74, 6) is -1.45. The highest BCUT2D eigenvalue weighted by Crippen LogP contribution is 2.18. The van der Waals surface area contributed by atoms with Gasteiger partial charge in [0.25, 0.3) is 0 Å². The molecule has 0 heterocycles. The first-order valence-electron chi connectivity index (χ1n) is 9.17. The number of rotatable bonds is 12. The van der Waals surface area contributed by atoms with Crippen LogP contribution in [0.3, 0.4) is 0 Å². The molecule has 0 radical (unpaired) electrons. The Morgan fingerprint density at radius 1 is 0.889 bits per heavy atom. The van der Waals surface area contributed by atoms with Gasteiger partial charge in [0.05, 0.1) is 13.2 Å². The van der Waals surface area contributed by atoms with Gasteiger partial charge in [-0.3, -0.25) is 14.5 Å². The zero-order chi connectivity index (χ0) is 21.1. The SMILES string of the molecule is COCCCN(CCCOC(C)=O)CC(=O)OC(C)(C)C(=O)OC(C)(C)C. The van der Waals surface area contributed by atoms with Crippen LogP contribution in [0.25, 0.3) is 0 Å². The number of esters is 3. The molecular weight excluding hydrogens is 354 g/mol. The first-order chi connectivity index (χ1) is 12.4. The van der Waals surface area contributed by atoms with Crippen molar-refractivity contribution < 1.29 is 33.3 Å². The largest absolute Gasteiger partial charge is 0.466 e. The number of ether oxygens (including phenoxy) is 4. The molecule has 0 rings (SSSR count). The zero-order valence-electron chi connectivity index (χ0n) is 17.8. The molecule has 0 atom stereocenters. The Morgan fingerprint density at radius 2 is 1.44 bits per heavy atom. The maximum atomic E-state index is 12.3. The van der Waals surface area contributed by atoms with Crippen molar-refractivity contribution in [1.29, 1.82) is 0 Å². The third kappa shape index (κ3) is 13.2. The molecular formula is C19H35NO7. The molecule has 0 amide bonds. The van der Waals surface area contributed by atoms with E-state index in [-0.39, 0.29) is 19.1 Å². The summed E-state index contributed by atoms with van der Waals surface area (Å²) < 4.78 is 20.6. The van der Waals surface area contributed by atoms with E-state index in [9.17, 15) is 14.4 Å². The first kappa shape index (κ1) is 25.3. The predicted molar refractivity (Wildman–Crippen MR) is 100 cm³/mol. The summed E-state index contributed by atoms with van der Waals surface area (Å²) in [6, 6.07) is 0. The molecule has 0 saturated heterocycles. The van der Waals surface area contributed by atoms with Crippen LogP contribution in [-0.4, -0.2) is 74.0 Å². The third-order valence-corrected chi connectivity index (χ3v) is 3.36. The summed E-state index contributed by atoms with van der Waals surface area (Å²) in [5, 5.41) is 0. The number of nitrogens with zero attached hydrogens (tertiary/aromatic N) is 1. The molecule has 0 fully saturated rings. The van der Waals surface area contributed by atoms with E-state index >= 15 is 0 Å². The van der Waals surface area contributed by atoms with E-state index in [2.05, 4.69) is 0 Å². The molecule has 8 heteroatoms. The standard InChI is InChI=1S/C19H35NO7/c1-15(21)25-13-9-11-20(10-8-12-24-7)14-16(22)26-19(5,6)17(23)27-18(2,3)4/h8-14H2,1-7H3. The highest BCUT2D eigenvalue weighted by Gasteiger charge is 2.36. The van der Waals surface area contributed by atoms with Crippen molar-refractivity contribution in [3.63, 3.8) is 0 Å². The van der Waals surface area contributed by atoms with Gasteiger partial charge in [0.2, 0.25) is 5.60 Å². The second-order valence-corrected chi connectivity index (χ2v) is 7.80. The normalized spacial score (nSPS) is 12.0. The van der Waals surface area contributed by atoms with Gasteiger partial charge in [-0.25, -0.2) is 4.79 Å². The van der Waals surface area contributed by atoms with Gasteiger partial charge >= 0.3 is 17.9 Å². The van der Waals surface area contributed by atoms with E-state index in [0.717, 1.165) is 6.42 Å². The molecule has 0 saturated carbocycles. The summed E-state index contributed by atoms with van der Waals surface area (Å²) >= 11 is 0. The second-order valence-electron chi connectivity index (χ2n) is 7.80. The Hall–Kier alpha value is -1.67. The minimum Gasteiger partial charge on any atom is -0.466 e. The van der Waals surface area contributed by atoms with E-state index in [1.807, 2.05) is 4.90 Å². The quantitative estimate of drug-likeness (QED) is 0.284. The van der Waals surface area contributed by atoms with E-state index in [1.54, 1.807) is 27.9 Å². The molecule has 0 aliphatic heterocycles. The van der Waals surface area contributed by atoms with Crippen LogP contribution in [0.15, 0.2) is 0 Å². The molecule has 158 valence electrons. The van der Waals surface area contributed by atoms with Crippen molar-refractivity contribution in [2.24, 2.45) is 0 Å². The first-order valence-corrected chi connectivity index (χ1v) is 9.17. The van der Waals surface area contributed by atoms with Gasteiger partial charge in [-0.1, -0.05) is 0 Å². The average Bonchev–Trinajstić information content (AvgIpc) is 2.49. The molecule has 0 aromatic carbocycles. The highest BCUT2D eigenvalue weighted by atomic mass is 16.6. The molecule has 0 N–H and O–H groups in total. The summed E-state index contributed by atoms with van der Waals surface area (Å²) in [6.07, 6.45) is 1.34. The van der Waals surface area contributed by atoms with Crippen molar-refractivity contribution >= 4 is 17.9 Å². The van der Waals surface area contributed by atoms with Crippen molar-refractivity contribution in [3.8, 4) is 0 Å². The van der Waals surface area contributed by atoms with Crippen LogP contribution in [0.5, 0.6) is 0 Å². The lowest BCUT2D eigenvalue weighted by Crippen LogP contribution is -2.44. The Balaban J connectivity index is 4.65. The summed E-state index contributed by atoms with van der Waals surface area (Å²) in [6.45, 7) is 11.7. The average molecular weight is 389 g/mol. The number of hydrogen-bond acceptors (Lipinski definition) is 8. The maximum Gasteiger partial charge on any atom is 0.350 e. The van der Waals surface area contributed by atoms with Gasteiger partial charge in [0.1, 0.15) is 5.60 Å². The van der Waals surface area contributed by atoms with E-state index in [4.69, 9.17) is 18.9 Å². The Morgan fingerprint density at radius 3 is 1.93 bits per heavy atom. The number of methoxy groups -OCH3 is 1. The number of carbonyl (C=O) groups excluding carboxylic acids is 3. The lowest BCUT2D eigenvalue weighted by atomic mass is 10.1. The molecule has 0 bridgehead atoms. The van der Waals surface area contributed by atoms with Crippen LogP contribution in [0.4, 0.5) is 0 Å². The Labute approximate surface area is 162 Å². The predicted octanol–water partition coefficient (Wildman–Crippen LogP) is 1.94. The van der Waals surface area contributed by atoms with E-state index in [0.29, 0.717) is 26.1 Å². The van der Waals surface area contributed by atoms with Gasteiger partial charge in [-0.2, -0.15) is 0 Å². The van der Waals surface area contributed by atoms with Crippen LogP contribution in [-0.2, 0) is 33.3 Å². The molecule has 0 spiro atoms. The van der Waals surface area contributed by atoms with Crippen LogP contribution in [0.2, 0.25) is 0 Å². The molecule has 27 heavy (non-hydrogen) atoms. The van der Waals surface area contributed by atoms with Crippen molar-refractivity contribution in [3.05, 3.63) is 0 Å². The molecule has 0 aromatic rings. The van der Waals surface area contributed by atoms with Gasteiger partial charge in [0.15, 0.2) is 0 Å². The molecule has 0 unspecified atom stereocenters. The van der Waals surface area contributed by atoms with Crippen LogP contribution < -0.4 is 0 Å². The minimum atomic E-state index is -1.37. The van der Waals surface area contributed by atoms with Crippen LogP contribution in [0.1, 0.15) is 54.4 Å². The van der Waals surface area contributed by atoms with Crippen molar-refractivity contribution in [2.75, 3.05) is 40.0 Å². The van der Waals surface area contributed by atoms with Gasteiger partial charge in [-0.05, 0) is 47.5 Å². The lowest BCUT2D eigenvalue weighted by Gasteiger charge is -2.29. The fraction of sp³-hybridized carbons (Fsp3) is 0.842. The van der Waals surface area contributed by atoms with Gasteiger partial charge in [-0.15, -0.1) is 0 Å². The molecule has 0 aliphatic rings. The lowest BCUT2D eigenvalue weighted by molar-refractivity contribution is -0.187. The van der Waals surface area contributed by atoms with Crippen LogP contribution >= 0.6 is 0 Å². The Kier molecular flexibility index (Phi) is 11.2. The summed E-state index contributed by atoms with van der Waals surface area (Å²) in [5.41, 5.74) is -2.04. The highest BCUT2D eigenvalue weighted by molar-refractivity contribution is 5.83. The minimum absolute atomic E-state index is 0.0238. The summed E-state index contributed by atoms with van der Waals surface area (Å²) in [7, 11) is 1.61. The number of carbonyl (C=O) groups is 3. The zero-order valence-corrected chi connectivity index (χ0v) is 17.8. The van der Waals surface area contributed by atoms with E-state index < -0.39 is 23.1 Å². The van der Waals surface area contributed by atoms with E-state index in [1.165, 1.54) is 20.8 Å². The van der Waals surface area contributed by atoms with Gasteiger partial charge < -0.3 is 18.9 Å². The molecule has 0 aromatic heterocycles. The van der Waals surface area contributed by atoms with Crippen molar-refractivity contribution in [2.45, 2.75) is 65.6 Å². The molecule has 0 aliphatic carbocycles. The fourth-order valence-electron chi connectivity index (χ4n) is 2.15. The number of hydrogen-bond donors (Lipinski definition) is 0. The maximum absolute atomic E-state index is 12.3. The Bertz CT molecular complexity index is 483. The van der Waals surface area contributed by atoms with Crippen LogP contribution in [0, 0.1) is 0 Å². The fourth-order valence-corrected chi connectivity index (χ4v) is 2.15. The summed E-state index contributed by atoms with van der Waals surface area (Å²) in [4.78, 5) is 37.2. The van der Waals surface area contributed by atoms with Gasteiger partial charge in [0, 0.05) is 33.7 Å². The topological polar surface area (TPSA) is 91.4 Å². The smallest absolute Gasteiger partial charge is 0.350 e. The second kappa shape index (κ2) is 11.9.